The van der Waals surface area contributed by atoms with E-state index in [9.17, 15) is 4.79 Å². The Bertz CT molecular complexity index is 908. The molecule has 0 fully saturated rings. The van der Waals surface area contributed by atoms with Crippen LogP contribution in [0.4, 0.5) is 5.69 Å². The van der Waals surface area contributed by atoms with Crippen molar-refractivity contribution in [3.05, 3.63) is 65.9 Å². The van der Waals surface area contributed by atoms with Crippen LogP contribution in [0.1, 0.15) is 15.9 Å². The molecule has 122 valence electrons. The fraction of sp³-hybridized carbons (Fsp3) is 0.200. The second kappa shape index (κ2) is 6.40. The Morgan fingerprint density at radius 3 is 2.46 bits per heavy atom. The van der Waals surface area contributed by atoms with Crippen LogP contribution < -0.4 is 9.71 Å². The molecule has 1 heterocycles. The van der Waals surface area contributed by atoms with Gasteiger partial charge in [0.1, 0.15) is 0 Å². The van der Waals surface area contributed by atoms with Crippen molar-refractivity contribution < 1.29 is 4.79 Å². The number of pyridine rings is 1. The molecule has 0 saturated heterocycles. The van der Waals surface area contributed by atoms with E-state index in [-0.39, 0.29) is 5.91 Å². The van der Waals surface area contributed by atoms with Crippen molar-refractivity contribution in [3.8, 4) is 0 Å². The number of rotatable bonds is 3. The fourth-order valence-electron chi connectivity index (χ4n) is 2.98. The van der Waals surface area contributed by atoms with Crippen molar-refractivity contribution >= 4 is 40.2 Å². The molecule has 0 unspecified atom stereocenters. The first-order valence-corrected chi connectivity index (χ1v) is 15.5. The van der Waals surface area contributed by atoms with Crippen LogP contribution in [0.5, 0.6) is 0 Å². The minimum atomic E-state index is -2.15. The summed E-state index contributed by atoms with van der Waals surface area (Å²) in [6.45, 7) is 2.01. The number of amides is 1. The molecule has 0 aliphatic rings. The molecule has 0 saturated carbocycles. The van der Waals surface area contributed by atoms with Gasteiger partial charge in [0.05, 0.1) is 0 Å². The van der Waals surface area contributed by atoms with Gasteiger partial charge in [0.25, 0.3) is 0 Å². The minimum absolute atomic E-state index is 0.0400. The van der Waals surface area contributed by atoms with Gasteiger partial charge in [-0.3, -0.25) is 0 Å². The molecule has 0 aliphatic heterocycles. The summed E-state index contributed by atoms with van der Waals surface area (Å²) in [5, 5.41) is 4.11. The number of aryl methyl sites for hydroxylation is 1. The van der Waals surface area contributed by atoms with Crippen molar-refractivity contribution in [1.82, 2.24) is 4.98 Å². The van der Waals surface area contributed by atoms with E-state index in [1.807, 2.05) is 43.3 Å². The van der Waals surface area contributed by atoms with Crippen molar-refractivity contribution in [2.24, 2.45) is 0 Å². The second-order valence-corrected chi connectivity index (χ2v) is 17.7. The van der Waals surface area contributed by atoms with Crippen LogP contribution >= 0.6 is 0 Å². The molecule has 0 spiro atoms. The number of benzene rings is 2. The van der Waals surface area contributed by atoms with Gasteiger partial charge >= 0.3 is 145 Å². The van der Waals surface area contributed by atoms with Gasteiger partial charge in [-0.2, -0.15) is 0 Å². The van der Waals surface area contributed by atoms with Crippen LogP contribution in [0.2, 0.25) is 17.3 Å². The molecule has 0 radical (unpaired) electrons. The Balaban J connectivity index is 2.05. The van der Waals surface area contributed by atoms with E-state index in [0.717, 1.165) is 27.7 Å². The average molecular weight is 379 g/mol. The van der Waals surface area contributed by atoms with Crippen molar-refractivity contribution in [1.29, 1.82) is 0 Å². The molecule has 0 atom stereocenters. The van der Waals surface area contributed by atoms with Gasteiger partial charge in [0.2, 0.25) is 0 Å². The molecule has 1 aromatic heterocycles. The van der Waals surface area contributed by atoms with E-state index in [4.69, 9.17) is 0 Å². The summed E-state index contributed by atoms with van der Waals surface area (Å²) in [6.07, 6.45) is 1.75. The Morgan fingerprint density at radius 1 is 1.00 bits per heavy atom. The molecule has 4 heteroatoms. The van der Waals surface area contributed by atoms with Crippen molar-refractivity contribution in [2.75, 3.05) is 5.32 Å². The molecule has 3 rings (SSSR count). The molecule has 3 aromatic rings. The van der Waals surface area contributed by atoms with E-state index < -0.39 is 13.3 Å². The number of nitrogens with zero attached hydrogens (tertiary/aromatic N) is 1. The predicted molar refractivity (Wildman–Crippen MR) is 104 cm³/mol. The molecule has 1 amide bonds. The van der Waals surface area contributed by atoms with Crippen LogP contribution in [-0.4, -0.2) is 24.2 Å². The van der Waals surface area contributed by atoms with Gasteiger partial charge < -0.3 is 0 Å². The number of para-hydroxylation sites is 1. The normalized spacial score (nSPS) is 11.5. The van der Waals surface area contributed by atoms with Crippen LogP contribution in [0, 0.1) is 6.92 Å². The van der Waals surface area contributed by atoms with E-state index in [1.54, 1.807) is 6.20 Å². The molecule has 0 aliphatic carbocycles. The quantitative estimate of drug-likeness (QED) is 0.689. The van der Waals surface area contributed by atoms with Crippen molar-refractivity contribution in [2.45, 2.75) is 24.2 Å². The summed E-state index contributed by atoms with van der Waals surface area (Å²) < 4.78 is 1.24. The third-order valence-corrected chi connectivity index (χ3v) is 8.45. The molecular weight excluding hydrogens is 357 g/mol. The Morgan fingerprint density at radius 2 is 1.71 bits per heavy atom. The van der Waals surface area contributed by atoms with E-state index >= 15 is 0 Å². The summed E-state index contributed by atoms with van der Waals surface area (Å²) in [5.74, 6) is 6.89. The Hall–Kier alpha value is -2.14. The van der Waals surface area contributed by atoms with Crippen LogP contribution in [0.3, 0.4) is 0 Å². The number of nitrogens with one attached hydrogen (secondary N) is 1. The molecule has 24 heavy (non-hydrogen) atoms. The summed E-state index contributed by atoms with van der Waals surface area (Å²) >= 11 is -2.15. The molecule has 1 N–H and O–H groups in total. The van der Waals surface area contributed by atoms with Crippen LogP contribution in [0.25, 0.3) is 10.9 Å². The fourth-order valence-corrected chi connectivity index (χ4v) is 6.46. The number of hydrogen-bond acceptors (Lipinski definition) is 2. The Labute approximate surface area is 145 Å². The summed E-state index contributed by atoms with van der Waals surface area (Å²) in [4.78, 5) is 17.5. The maximum absolute atomic E-state index is 13.0. The summed E-state index contributed by atoms with van der Waals surface area (Å²) in [5.41, 5.74) is 3.44. The Kier molecular flexibility index (Phi) is 4.46. The van der Waals surface area contributed by atoms with Gasteiger partial charge in [0, 0.05) is 0 Å². The summed E-state index contributed by atoms with van der Waals surface area (Å²) in [7, 11) is 0. The standard InChI is InChI=1S/C20H22GeN2O/c1-14-8-5-11-16(21(2,3)4)18(14)20(24)23-17-12-6-9-15-10-7-13-22-19(15)17/h5-13H,1-4H3,(H,23,24). The van der Waals surface area contributed by atoms with E-state index in [1.165, 1.54) is 4.40 Å². The number of anilines is 1. The van der Waals surface area contributed by atoms with Gasteiger partial charge in [-0.15, -0.1) is 0 Å². The third-order valence-electron chi connectivity index (χ3n) is 4.19. The first kappa shape index (κ1) is 16.7. The van der Waals surface area contributed by atoms with Gasteiger partial charge in [-0.1, -0.05) is 0 Å². The van der Waals surface area contributed by atoms with Gasteiger partial charge in [-0.05, 0) is 0 Å². The second-order valence-electron chi connectivity index (χ2n) is 7.08. The average Bonchev–Trinajstić information content (AvgIpc) is 2.54. The molecular formula is C20H22GeN2O. The van der Waals surface area contributed by atoms with Gasteiger partial charge in [0.15, 0.2) is 0 Å². The number of aromatic nitrogens is 1. The maximum atomic E-state index is 13.0. The number of carbonyl (C=O) groups excluding carboxylic acids is 1. The number of hydrogen-bond donors (Lipinski definition) is 1. The third kappa shape index (κ3) is 3.22. The number of fused-ring (bicyclic) bond motifs is 1. The molecule has 0 bridgehead atoms. The zero-order valence-electron chi connectivity index (χ0n) is 14.6. The summed E-state index contributed by atoms with van der Waals surface area (Å²) in [6, 6.07) is 15.9. The number of carbonyl (C=O) groups is 1. The monoisotopic (exact) mass is 380 g/mol. The van der Waals surface area contributed by atoms with Crippen LogP contribution in [0.15, 0.2) is 54.7 Å². The molecule has 3 nitrogen and oxygen atoms in total. The van der Waals surface area contributed by atoms with E-state index in [0.29, 0.717) is 0 Å². The topological polar surface area (TPSA) is 42.0 Å². The zero-order valence-corrected chi connectivity index (χ0v) is 16.6. The van der Waals surface area contributed by atoms with Gasteiger partial charge in [-0.25, -0.2) is 0 Å². The molecule has 2 aromatic carbocycles. The first-order valence-electron chi connectivity index (χ1n) is 8.13. The van der Waals surface area contributed by atoms with E-state index in [2.05, 4.69) is 39.7 Å². The van der Waals surface area contributed by atoms with Crippen molar-refractivity contribution in [3.63, 3.8) is 0 Å². The zero-order chi connectivity index (χ0) is 17.3. The SMILES string of the molecule is Cc1ccc[c]([Ge]([CH3])([CH3])[CH3])c1C(=O)Nc1cccc2cccnc12. The first-order chi connectivity index (χ1) is 11.4. The van der Waals surface area contributed by atoms with Crippen LogP contribution in [-0.2, 0) is 0 Å². The predicted octanol–water partition coefficient (Wildman–Crippen LogP) is 4.34.